The Balaban J connectivity index is 1.74. The number of rotatable bonds is 6. The Bertz CT molecular complexity index is 901. The first-order chi connectivity index (χ1) is 12.0. The van der Waals surface area contributed by atoms with Crippen LogP contribution in [0.2, 0.25) is 0 Å². The van der Waals surface area contributed by atoms with Crippen LogP contribution in [0.25, 0.3) is 0 Å². The molecule has 2 aromatic carbocycles. The molecule has 25 heavy (non-hydrogen) atoms. The fourth-order valence-electron chi connectivity index (χ4n) is 2.83. The summed E-state index contributed by atoms with van der Waals surface area (Å²) in [6.45, 7) is 4.61. The highest BCUT2D eigenvalue weighted by Crippen LogP contribution is 2.20. The van der Waals surface area contributed by atoms with E-state index in [1.165, 1.54) is 13.0 Å². The molecule has 0 aliphatic carbocycles. The molecular weight excluding hydrogens is 317 g/mol. The number of hydrogen-bond donors (Lipinski definition) is 1. The van der Waals surface area contributed by atoms with Gasteiger partial charge in [0, 0.05) is 31.2 Å². The van der Waals surface area contributed by atoms with Gasteiger partial charge in [0.05, 0.1) is 5.56 Å². The highest BCUT2D eigenvalue weighted by molar-refractivity contribution is 5.99. The summed E-state index contributed by atoms with van der Waals surface area (Å²) in [5.41, 5.74) is 2.84. The third kappa shape index (κ3) is 3.94. The van der Waals surface area contributed by atoms with E-state index in [0.29, 0.717) is 12.2 Å². The van der Waals surface area contributed by atoms with E-state index >= 15 is 0 Å². The molecule has 0 aliphatic heterocycles. The van der Waals surface area contributed by atoms with E-state index in [0.717, 1.165) is 23.5 Å². The number of carbonyl (C=O) groups excluding carboxylic acids is 1. The van der Waals surface area contributed by atoms with Crippen LogP contribution in [0.15, 0.2) is 54.9 Å². The number of aryl methyl sites for hydroxylation is 1. The first kappa shape index (κ1) is 16.9. The Morgan fingerprint density at radius 3 is 2.68 bits per heavy atom. The molecule has 0 bridgehead atoms. The molecule has 0 saturated carbocycles. The molecule has 0 saturated heterocycles. The van der Waals surface area contributed by atoms with Gasteiger partial charge < -0.3 is 9.88 Å². The van der Waals surface area contributed by atoms with Gasteiger partial charge in [-0.15, -0.1) is 0 Å². The van der Waals surface area contributed by atoms with Crippen LogP contribution in [0.3, 0.4) is 0 Å². The van der Waals surface area contributed by atoms with Crippen LogP contribution in [-0.2, 0) is 13.1 Å². The van der Waals surface area contributed by atoms with Crippen molar-refractivity contribution in [1.29, 1.82) is 0 Å². The molecule has 1 aromatic heterocycles. The molecule has 0 aliphatic rings. The molecule has 0 fully saturated rings. The van der Waals surface area contributed by atoms with Crippen LogP contribution >= 0.6 is 0 Å². The first-order valence-electron chi connectivity index (χ1n) is 8.13. The van der Waals surface area contributed by atoms with E-state index in [1.807, 2.05) is 25.3 Å². The van der Waals surface area contributed by atoms with Gasteiger partial charge in [-0.05, 0) is 37.1 Å². The van der Waals surface area contributed by atoms with Crippen molar-refractivity contribution in [2.75, 3.05) is 5.32 Å². The molecule has 3 aromatic rings. The zero-order valence-electron chi connectivity index (χ0n) is 14.3. The number of nitrogens with one attached hydrogen (secondary N) is 1. The summed E-state index contributed by atoms with van der Waals surface area (Å²) in [6.07, 6.45) is 3.74. The second-order valence-corrected chi connectivity index (χ2v) is 5.99. The van der Waals surface area contributed by atoms with Crippen LogP contribution in [-0.4, -0.2) is 15.3 Å². The summed E-state index contributed by atoms with van der Waals surface area (Å²) >= 11 is 0. The van der Waals surface area contributed by atoms with E-state index in [-0.39, 0.29) is 11.3 Å². The van der Waals surface area contributed by atoms with Gasteiger partial charge in [-0.25, -0.2) is 9.37 Å². The molecule has 0 radical (unpaired) electrons. The number of ketones is 1. The van der Waals surface area contributed by atoms with E-state index in [4.69, 9.17) is 0 Å². The molecule has 128 valence electrons. The zero-order valence-corrected chi connectivity index (χ0v) is 14.3. The molecule has 0 amide bonds. The van der Waals surface area contributed by atoms with Crippen molar-refractivity contribution >= 4 is 11.5 Å². The number of Topliss-reactive ketones (excluding diaryl/α,β-unsaturated/α-hetero) is 1. The molecule has 0 spiro atoms. The number of aromatic nitrogens is 2. The summed E-state index contributed by atoms with van der Waals surface area (Å²) in [4.78, 5) is 15.9. The SMILES string of the molecule is CC(=O)c1c(F)cccc1NCc1cccc(Cn2ccnc2C)c1. The first-order valence-corrected chi connectivity index (χ1v) is 8.13. The van der Waals surface area contributed by atoms with Gasteiger partial charge in [-0.3, -0.25) is 4.79 Å². The lowest BCUT2D eigenvalue weighted by atomic mass is 10.1. The molecule has 0 atom stereocenters. The van der Waals surface area contributed by atoms with Gasteiger partial charge in [-0.2, -0.15) is 0 Å². The molecule has 3 rings (SSSR count). The van der Waals surface area contributed by atoms with Crippen molar-refractivity contribution < 1.29 is 9.18 Å². The second-order valence-electron chi connectivity index (χ2n) is 5.99. The van der Waals surface area contributed by atoms with Crippen molar-refractivity contribution in [2.45, 2.75) is 26.9 Å². The fraction of sp³-hybridized carbons (Fsp3) is 0.200. The largest absolute Gasteiger partial charge is 0.380 e. The highest BCUT2D eigenvalue weighted by Gasteiger charge is 2.12. The smallest absolute Gasteiger partial charge is 0.164 e. The summed E-state index contributed by atoms with van der Waals surface area (Å²) in [5, 5.41) is 3.17. The third-order valence-corrected chi connectivity index (χ3v) is 4.12. The summed E-state index contributed by atoms with van der Waals surface area (Å²) in [5.74, 6) is 0.182. The molecule has 5 heteroatoms. The van der Waals surface area contributed by atoms with Crippen molar-refractivity contribution in [3.63, 3.8) is 0 Å². The average Bonchev–Trinajstić information content (AvgIpc) is 2.98. The van der Waals surface area contributed by atoms with Gasteiger partial charge in [0.1, 0.15) is 11.6 Å². The van der Waals surface area contributed by atoms with E-state index in [9.17, 15) is 9.18 Å². The molecule has 1 heterocycles. The standard InChI is InChI=1S/C20H20FN3O/c1-14(25)20-18(21)7-4-8-19(20)23-12-16-5-3-6-17(11-16)13-24-10-9-22-15(24)2/h3-11,23H,12-13H2,1-2H3. The number of imidazole rings is 1. The van der Waals surface area contributed by atoms with Gasteiger partial charge in [0.25, 0.3) is 0 Å². The van der Waals surface area contributed by atoms with Crippen LogP contribution < -0.4 is 5.32 Å². The summed E-state index contributed by atoms with van der Waals surface area (Å²) < 4.78 is 15.9. The number of anilines is 1. The molecule has 1 N–H and O–H groups in total. The lowest BCUT2D eigenvalue weighted by Crippen LogP contribution is -2.07. The number of benzene rings is 2. The minimum absolute atomic E-state index is 0.104. The monoisotopic (exact) mass is 337 g/mol. The van der Waals surface area contributed by atoms with Crippen LogP contribution in [0.1, 0.15) is 34.2 Å². The topological polar surface area (TPSA) is 46.9 Å². The minimum atomic E-state index is -0.498. The number of nitrogens with zero attached hydrogens (tertiary/aromatic N) is 2. The van der Waals surface area contributed by atoms with Crippen molar-refractivity contribution in [2.24, 2.45) is 0 Å². The maximum atomic E-state index is 13.9. The van der Waals surface area contributed by atoms with Crippen LogP contribution in [0, 0.1) is 12.7 Å². The maximum absolute atomic E-state index is 13.9. The summed E-state index contributed by atoms with van der Waals surface area (Å²) in [7, 11) is 0. The number of hydrogen-bond acceptors (Lipinski definition) is 3. The predicted octanol–water partition coefficient (Wildman–Crippen LogP) is 4.19. The average molecular weight is 337 g/mol. The third-order valence-electron chi connectivity index (χ3n) is 4.12. The maximum Gasteiger partial charge on any atom is 0.164 e. The Kier molecular flexibility index (Phi) is 4.93. The summed E-state index contributed by atoms with van der Waals surface area (Å²) in [6, 6.07) is 12.8. The Morgan fingerprint density at radius 1 is 1.20 bits per heavy atom. The van der Waals surface area contributed by atoms with Crippen LogP contribution in [0.5, 0.6) is 0 Å². The minimum Gasteiger partial charge on any atom is -0.380 e. The predicted molar refractivity (Wildman–Crippen MR) is 96.2 cm³/mol. The van der Waals surface area contributed by atoms with Gasteiger partial charge in [0.2, 0.25) is 0 Å². The van der Waals surface area contributed by atoms with E-state index in [1.54, 1.807) is 18.3 Å². The lowest BCUT2D eigenvalue weighted by molar-refractivity contribution is 0.101. The number of halogens is 1. The van der Waals surface area contributed by atoms with E-state index < -0.39 is 5.82 Å². The Morgan fingerprint density at radius 2 is 1.96 bits per heavy atom. The van der Waals surface area contributed by atoms with E-state index in [2.05, 4.69) is 27.0 Å². The quantitative estimate of drug-likeness (QED) is 0.686. The highest BCUT2D eigenvalue weighted by atomic mass is 19.1. The Hall–Kier alpha value is -2.95. The molecule has 0 unspecified atom stereocenters. The van der Waals surface area contributed by atoms with Crippen molar-refractivity contribution in [3.8, 4) is 0 Å². The van der Waals surface area contributed by atoms with Gasteiger partial charge in [-0.1, -0.05) is 30.3 Å². The van der Waals surface area contributed by atoms with Crippen molar-refractivity contribution in [1.82, 2.24) is 9.55 Å². The van der Waals surface area contributed by atoms with Crippen LogP contribution in [0.4, 0.5) is 10.1 Å². The second kappa shape index (κ2) is 7.30. The van der Waals surface area contributed by atoms with Gasteiger partial charge in [0.15, 0.2) is 5.78 Å². The molecular formula is C20H20FN3O. The molecule has 4 nitrogen and oxygen atoms in total. The normalized spacial score (nSPS) is 10.7. The van der Waals surface area contributed by atoms with Gasteiger partial charge >= 0.3 is 0 Å². The number of carbonyl (C=O) groups is 1. The lowest BCUT2D eigenvalue weighted by Gasteiger charge is -2.12. The Labute approximate surface area is 146 Å². The zero-order chi connectivity index (χ0) is 17.8. The fourth-order valence-corrected chi connectivity index (χ4v) is 2.83. The van der Waals surface area contributed by atoms with Crippen molar-refractivity contribution in [3.05, 3.63) is 83.2 Å².